The number of hydrogen-bond acceptors (Lipinski definition) is 3. The van der Waals surface area contributed by atoms with Crippen molar-refractivity contribution in [3.05, 3.63) is 33.8 Å². The summed E-state index contributed by atoms with van der Waals surface area (Å²) >= 11 is 3.57. The molecule has 2 rings (SSSR count). The first-order valence-electron chi connectivity index (χ1n) is 5.77. The summed E-state index contributed by atoms with van der Waals surface area (Å²) in [6.45, 7) is 2.59. The van der Waals surface area contributed by atoms with Crippen molar-refractivity contribution in [2.75, 3.05) is 33.7 Å². The molecule has 0 aliphatic carbocycles. The van der Waals surface area contributed by atoms with Gasteiger partial charge in [0.05, 0.1) is 6.54 Å². The Labute approximate surface area is 110 Å². The molecule has 1 N–H and O–H groups in total. The highest BCUT2D eigenvalue weighted by Gasteiger charge is 2.26. The smallest absolute Gasteiger partial charge is 0.176 e. The van der Waals surface area contributed by atoms with Gasteiger partial charge in [-0.2, -0.15) is 0 Å². The van der Waals surface area contributed by atoms with Crippen LogP contribution in [0.4, 0.5) is 0 Å². The number of Topliss-reactive ketones (excluding diaryl/α,β-unsaturated/α-hetero) is 1. The quantitative estimate of drug-likeness (QED) is 0.861. The number of nitrogens with one attached hydrogen (secondary N) is 1. The molecule has 1 aromatic rings. The van der Waals surface area contributed by atoms with E-state index in [2.05, 4.69) is 39.3 Å². The molecule has 1 aromatic carbocycles. The van der Waals surface area contributed by atoms with Gasteiger partial charge in [-0.1, -0.05) is 28.1 Å². The molecule has 0 unspecified atom stereocenters. The van der Waals surface area contributed by atoms with Crippen molar-refractivity contribution in [2.24, 2.45) is 0 Å². The van der Waals surface area contributed by atoms with Crippen molar-refractivity contribution in [3.63, 3.8) is 0 Å². The monoisotopic (exact) mass is 296 g/mol. The maximum atomic E-state index is 11.7. The molecule has 0 aromatic heterocycles. The van der Waals surface area contributed by atoms with Crippen LogP contribution in [0.5, 0.6) is 0 Å². The third kappa shape index (κ3) is 2.76. The molecular formula is C13H17BrN2O. The van der Waals surface area contributed by atoms with Crippen molar-refractivity contribution >= 4 is 21.7 Å². The van der Waals surface area contributed by atoms with Crippen LogP contribution in [0.15, 0.2) is 22.7 Å². The van der Waals surface area contributed by atoms with Crippen molar-refractivity contribution in [3.8, 4) is 0 Å². The Morgan fingerprint density at radius 1 is 1.53 bits per heavy atom. The molecule has 1 aliphatic rings. The molecule has 0 amide bonds. The number of carbonyl (C=O) groups is 1. The lowest BCUT2D eigenvalue weighted by molar-refractivity contribution is 0.0993. The van der Waals surface area contributed by atoms with Gasteiger partial charge in [0, 0.05) is 29.0 Å². The minimum Gasteiger partial charge on any atom is -0.313 e. The number of likely N-dealkylation sites (N-methyl/N-ethyl adjacent to an activating group) is 2. The second-order valence-electron chi connectivity index (χ2n) is 4.61. The summed E-state index contributed by atoms with van der Waals surface area (Å²) in [5, 5.41) is 2.88. The Bertz CT molecular complexity index is 427. The Morgan fingerprint density at radius 3 is 2.76 bits per heavy atom. The second kappa shape index (κ2) is 5.29. The third-order valence-electron chi connectivity index (χ3n) is 3.16. The number of carbonyl (C=O) groups excluding carboxylic acids is 1. The first-order chi connectivity index (χ1) is 8.11. The summed E-state index contributed by atoms with van der Waals surface area (Å²) in [7, 11) is 3.90. The minimum absolute atomic E-state index is 0.130. The highest BCUT2D eigenvalue weighted by atomic mass is 79.9. The van der Waals surface area contributed by atoms with Gasteiger partial charge in [-0.25, -0.2) is 0 Å². The van der Waals surface area contributed by atoms with Crippen LogP contribution in [0.2, 0.25) is 0 Å². The molecule has 3 nitrogen and oxygen atoms in total. The molecule has 0 atom stereocenters. The Morgan fingerprint density at radius 2 is 2.24 bits per heavy atom. The zero-order valence-electron chi connectivity index (χ0n) is 10.2. The SMILES string of the molecule is CNCC(=O)c1ccc(C2CN(C)C2)c(Br)c1. The summed E-state index contributed by atoms with van der Waals surface area (Å²) in [5.41, 5.74) is 2.08. The van der Waals surface area contributed by atoms with Gasteiger partial charge in [0.1, 0.15) is 0 Å². The van der Waals surface area contributed by atoms with E-state index < -0.39 is 0 Å². The van der Waals surface area contributed by atoms with E-state index in [-0.39, 0.29) is 5.78 Å². The molecule has 1 aliphatic heterocycles. The lowest BCUT2D eigenvalue weighted by atomic mass is 9.91. The maximum Gasteiger partial charge on any atom is 0.176 e. The van der Waals surface area contributed by atoms with E-state index in [0.717, 1.165) is 23.1 Å². The Hall–Kier alpha value is -0.710. The van der Waals surface area contributed by atoms with Crippen molar-refractivity contribution in [2.45, 2.75) is 5.92 Å². The normalized spacial score (nSPS) is 16.9. The summed E-state index contributed by atoms with van der Waals surface area (Å²) in [6, 6.07) is 5.94. The lowest BCUT2D eigenvalue weighted by Crippen LogP contribution is -2.41. The number of rotatable bonds is 4. The molecule has 0 radical (unpaired) electrons. The van der Waals surface area contributed by atoms with Gasteiger partial charge in [0.25, 0.3) is 0 Å². The van der Waals surface area contributed by atoms with Gasteiger partial charge < -0.3 is 10.2 Å². The van der Waals surface area contributed by atoms with Crippen LogP contribution in [-0.4, -0.2) is 44.4 Å². The average molecular weight is 297 g/mol. The van der Waals surface area contributed by atoms with Crippen LogP contribution in [-0.2, 0) is 0 Å². The first kappa shape index (κ1) is 12.7. The van der Waals surface area contributed by atoms with E-state index in [1.807, 2.05) is 12.1 Å². The molecule has 1 saturated heterocycles. The van der Waals surface area contributed by atoms with E-state index in [0.29, 0.717) is 12.5 Å². The van der Waals surface area contributed by atoms with Crippen LogP contribution in [0.3, 0.4) is 0 Å². The number of benzene rings is 1. The molecular weight excluding hydrogens is 280 g/mol. The minimum atomic E-state index is 0.130. The molecule has 0 saturated carbocycles. The van der Waals surface area contributed by atoms with E-state index in [1.54, 1.807) is 7.05 Å². The predicted octanol–water partition coefficient (Wildman–Crippen LogP) is 1.88. The molecule has 0 bridgehead atoms. The van der Waals surface area contributed by atoms with Gasteiger partial charge in [0.2, 0.25) is 0 Å². The van der Waals surface area contributed by atoms with Gasteiger partial charge >= 0.3 is 0 Å². The fourth-order valence-electron chi connectivity index (χ4n) is 2.19. The van der Waals surface area contributed by atoms with E-state index in [1.165, 1.54) is 5.56 Å². The number of ketones is 1. The zero-order valence-corrected chi connectivity index (χ0v) is 11.8. The molecule has 4 heteroatoms. The predicted molar refractivity (Wildman–Crippen MR) is 72.6 cm³/mol. The maximum absolute atomic E-state index is 11.7. The molecule has 92 valence electrons. The molecule has 0 spiro atoms. The van der Waals surface area contributed by atoms with Crippen LogP contribution in [0.1, 0.15) is 21.8 Å². The average Bonchev–Trinajstić information content (AvgIpc) is 2.25. The Balaban J connectivity index is 2.14. The number of likely N-dealkylation sites (tertiary alicyclic amines) is 1. The van der Waals surface area contributed by atoms with Crippen LogP contribution in [0.25, 0.3) is 0 Å². The van der Waals surface area contributed by atoms with E-state index >= 15 is 0 Å². The van der Waals surface area contributed by atoms with Gasteiger partial charge in [0.15, 0.2) is 5.78 Å². The fourth-order valence-corrected chi connectivity index (χ4v) is 2.89. The van der Waals surface area contributed by atoms with Crippen LogP contribution < -0.4 is 5.32 Å². The highest BCUT2D eigenvalue weighted by Crippen LogP contribution is 2.31. The van der Waals surface area contributed by atoms with Crippen molar-refractivity contribution in [1.82, 2.24) is 10.2 Å². The zero-order chi connectivity index (χ0) is 12.4. The molecule has 17 heavy (non-hydrogen) atoms. The Kier molecular flexibility index (Phi) is 3.97. The van der Waals surface area contributed by atoms with Gasteiger partial charge in [-0.3, -0.25) is 4.79 Å². The number of hydrogen-bond donors (Lipinski definition) is 1. The highest BCUT2D eigenvalue weighted by molar-refractivity contribution is 9.10. The van der Waals surface area contributed by atoms with Crippen molar-refractivity contribution in [1.29, 1.82) is 0 Å². The third-order valence-corrected chi connectivity index (χ3v) is 3.85. The van der Waals surface area contributed by atoms with Gasteiger partial charge in [-0.05, 0) is 25.7 Å². The number of halogens is 1. The largest absolute Gasteiger partial charge is 0.313 e. The summed E-state index contributed by atoms with van der Waals surface area (Å²) < 4.78 is 1.05. The van der Waals surface area contributed by atoms with Gasteiger partial charge in [-0.15, -0.1) is 0 Å². The van der Waals surface area contributed by atoms with Crippen LogP contribution >= 0.6 is 15.9 Å². The van der Waals surface area contributed by atoms with E-state index in [9.17, 15) is 4.79 Å². The van der Waals surface area contributed by atoms with E-state index in [4.69, 9.17) is 0 Å². The molecule has 1 heterocycles. The number of nitrogens with zero attached hydrogens (tertiary/aromatic N) is 1. The summed E-state index contributed by atoms with van der Waals surface area (Å²) in [4.78, 5) is 14.0. The fraction of sp³-hybridized carbons (Fsp3) is 0.462. The molecule has 1 fully saturated rings. The summed E-state index contributed by atoms with van der Waals surface area (Å²) in [6.07, 6.45) is 0. The summed E-state index contributed by atoms with van der Waals surface area (Å²) in [5.74, 6) is 0.730. The lowest BCUT2D eigenvalue weighted by Gasteiger charge is -2.37. The van der Waals surface area contributed by atoms with Crippen molar-refractivity contribution < 1.29 is 4.79 Å². The second-order valence-corrected chi connectivity index (χ2v) is 5.46. The first-order valence-corrected chi connectivity index (χ1v) is 6.57. The van der Waals surface area contributed by atoms with Crippen LogP contribution in [0, 0.1) is 0 Å². The standard InChI is InChI=1S/C13H17BrN2O/c1-15-6-13(17)9-3-4-11(12(14)5-9)10-7-16(2)8-10/h3-5,10,15H,6-8H2,1-2H3. The topological polar surface area (TPSA) is 32.3 Å².